The van der Waals surface area contributed by atoms with Gasteiger partial charge in [-0.25, -0.2) is 0 Å². The van der Waals surface area contributed by atoms with Crippen LogP contribution in [-0.2, 0) is 6.61 Å². The van der Waals surface area contributed by atoms with Gasteiger partial charge in [0.1, 0.15) is 30.0 Å². The van der Waals surface area contributed by atoms with Crippen molar-refractivity contribution in [1.29, 1.82) is 0 Å². The molecule has 0 N–H and O–H groups in total. The number of furan rings is 1. The molecular weight excluding hydrogens is 240 g/mol. The summed E-state index contributed by atoms with van der Waals surface area (Å²) in [5, 5.41) is 1.06. The molecule has 1 heterocycles. The lowest BCUT2D eigenvalue weighted by molar-refractivity contribution is 0.112. The summed E-state index contributed by atoms with van der Waals surface area (Å²) in [5.41, 5.74) is 1.45. The first-order valence-electron chi connectivity index (χ1n) is 6.01. The van der Waals surface area contributed by atoms with E-state index in [0.717, 1.165) is 23.0 Å². The third-order valence-electron chi connectivity index (χ3n) is 2.85. The number of hydrogen-bond donors (Lipinski definition) is 0. The summed E-state index contributed by atoms with van der Waals surface area (Å²) in [6.45, 7) is 0.344. The Labute approximate surface area is 110 Å². The van der Waals surface area contributed by atoms with E-state index in [1.807, 2.05) is 36.4 Å². The van der Waals surface area contributed by atoms with Crippen molar-refractivity contribution in [3.05, 3.63) is 65.9 Å². The van der Waals surface area contributed by atoms with E-state index >= 15 is 0 Å². The van der Waals surface area contributed by atoms with E-state index in [9.17, 15) is 4.79 Å². The highest BCUT2D eigenvalue weighted by Crippen LogP contribution is 2.20. The van der Waals surface area contributed by atoms with E-state index in [-0.39, 0.29) is 0 Å². The molecule has 0 saturated heterocycles. The average Bonchev–Trinajstić information content (AvgIpc) is 2.88. The van der Waals surface area contributed by atoms with Crippen LogP contribution in [0, 0.1) is 0 Å². The van der Waals surface area contributed by atoms with E-state index < -0.39 is 0 Å². The molecule has 3 rings (SSSR count). The lowest BCUT2D eigenvalue weighted by Crippen LogP contribution is -1.94. The number of hydrogen-bond acceptors (Lipinski definition) is 3. The molecule has 0 unspecified atom stereocenters. The first-order chi connectivity index (χ1) is 9.35. The first-order valence-corrected chi connectivity index (χ1v) is 6.01. The number of para-hydroxylation sites is 1. The van der Waals surface area contributed by atoms with Gasteiger partial charge in [0.2, 0.25) is 0 Å². The predicted octanol–water partition coefficient (Wildman–Crippen LogP) is 3.82. The fourth-order valence-corrected chi connectivity index (χ4v) is 1.94. The highest BCUT2D eigenvalue weighted by molar-refractivity contribution is 5.77. The third kappa shape index (κ3) is 2.50. The first kappa shape index (κ1) is 11.5. The lowest BCUT2D eigenvalue weighted by atomic mass is 10.2. The van der Waals surface area contributed by atoms with E-state index in [1.54, 1.807) is 18.2 Å². The quantitative estimate of drug-likeness (QED) is 0.662. The number of ether oxygens (including phenoxy) is 1. The van der Waals surface area contributed by atoms with Gasteiger partial charge in [0.15, 0.2) is 0 Å². The van der Waals surface area contributed by atoms with Gasteiger partial charge in [-0.3, -0.25) is 4.79 Å². The molecule has 0 fully saturated rings. The molecule has 0 aliphatic rings. The lowest BCUT2D eigenvalue weighted by Gasteiger charge is -2.03. The molecule has 0 bridgehead atoms. The van der Waals surface area contributed by atoms with Crippen molar-refractivity contribution in [3.8, 4) is 5.75 Å². The van der Waals surface area contributed by atoms with Crippen LogP contribution in [0.5, 0.6) is 5.75 Å². The van der Waals surface area contributed by atoms with Crippen molar-refractivity contribution in [2.75, 3.05) is 0 Å². The Balaban J connectivity index is 1.76. The smallest absolute Gasteiger partial charge is 0.150 e. The van der Waals surface area contributed by atoms with Gasteiger partial charge in [0.05, 0.1) is 0 Å². The maximum atomic E-state index is 10.7. The molecule has 19 heavy (non-hydrogen) atoms. The van der Waals surface area contributed by atoms with Crippen LogP contribution < -0.4 is 4.74 Å². The van der Waals surface area contributed by atoms with Crippen molar-refractivity contribution < 1.29 is 13.9 Å². The van der Waals surface area contributed by atoms with Crippen LogP contribution in [0.25, 0.3) is 11.0 Å². The molecule has 0 aliphatic heterocycles. The van der Waals surface area contributed by atoms with Gasteiger partial charge in [-0.05, 0) is 24.3 Å². The summed E-state index contributed by atoms with van der Waals surface area (Å²) < 4.78 is 11.3. The maximum absolute atomic E-state index is 10.7. The van der Waals surface area contributed by atoms with E-state index in [0.29, 0.717) is 17.9 Å². The molecule has 0 spiro atoms. The maximum Gasteiger partial charge on any atom is 0.150 e. The molecule has 3 nitrogen and oxygen atoms in total. The largest absolute Gasteiger partial charge is 0.486 e. The predicted molar refractivity (Wildman–Crippen MR) is 72.4 cm³/mol. The molecule has 0 aliphatic carbocycles. The second-order valence-electron chi connectivity index (χ2n) is 4.23. The minimum atomic E-state index is 0.344. The van der Waals surface area contributed by atoms with Gasteiger partial charge < -0.3 is 9.15 Å². The summed E-state index contributed by atoms with van der Waals surface area (Å²) in [6, 6.07) is 16.8. The summed E-state index contributed by atoms with van der Waals surface area (Å²) in [5.74, 6) is 1.42. The van der Waals surface area contributed by atoms with Gasteiger partial charge in [0, 0.05) is 10.9 Å². The number of fused-ring (bicyclic) bond motifs is 1. The fraction of sp³-hybridized carbons (Fsp3) is 0.0625. The van der Waals surface area contributed by atoms with Crippen LogP contribution in [-0.4, -0.2) is 6.29 Å². The van der Waals surface area contributed by atoms with Crippen molar-refractivity contribution in [3.63, 3.8) is 0 Å². The minimum absolute atomic E-state index is 0.344. The molecule has 0 atom stereocenters. The summed E-state index contributed by atoms with van der Waals surface area (Å²) in [4.78, 5) is 10.7. The monoisotopic (exact) mass is 252 g/mol. The van der Waals surface area contributed by atoms with E-state index in [4.69, 9.17) is 9.15 Å². The Kier molecular flexibility index (Phi) is 3.02. The molecular formula is C16H12O3. The number of benzene rings is 2. The Hall–Kier alpha value is -2.55. The average molecular weight is 252 g/mol. The number of carbonyl (C=O) groups excluding carboxylic acids is 1. The summed E-state index contributed by atoms with van der Waals surface area (Å²) >= 11 is 0. The van der Waals surface area contributed by atoms with Crippen LogP contribution in [0.4, 0.5) is 0 Å². The number of carbonyl (C=O) groups is 1. The van der Waals surface area contributed by atoms with Gasteiger partial charge in [-0.1, -0.05) is 30.3 Å². The molecule has 0 amide bonds. The molecule has 1 aromatic heterocycles. The van der Waals surface area contributed by atoms with E-state index in [1.165, 1.54) is 0 Å². The van der Waals surface area contributed by atoms with Crippen LogP contribution in [0.2, 0.25) is 0 Å². The van der Waals surface area contributed by atoms with Gasteiger partial charge in [-0.15, -0.1) is 0 Å². The van der Waals surface area contributed by atoms with Crippen LogP contribution in [0.1, 0.15) is 16.1 Å². The van der Waals surface area contributed by atoms with Gasteiger partial charge in [0.25, 0.3) is 0 Å². The van der Waals surface area contributed by atoms with Crippen LogP contribution >= 0.6 is 0 Å². The number of aldehydes is 1. The topological polar surface area (TPSA) is 39.4 Å². The minimum Gasteiger partial charge on any atom is -0.486 e. The van der Waals surface area contributed by atoms with Crippen LogP contribution in [0.15, 0.2) is 59.0 Å². The molecule has 3 aromatic rings. The summed E-state index contributed by atoms with van der Waals surface area (Å²) in [6.07, 6.45) is 0.800. The van der Waals surface area contributed by atoms with Crippen LogP contribution in [0.3, 0.4) is 0 Å². The molecule has 0 radical (unpaired) electrons. The SMILES string of the molecule is O=Cc1cccc(OCc2cc3ccccc3o2)c1. The Morgan fingerprint density at radius 2 is 1.95 bits per heavy atom. The molecule has 3 heteroatoms. The van der Waals surface area contributed by atoms with Crippen molar-refractivity contribution in [1.82, 2.24) is 0 Å². The Bertz CT molecular complexity index is 680. The molecule has 2 aromatic carbocycles. The molecule has 94 valence electrons. The standard InChI is InChI=1S/C16H12O3/c17-10-12-4-3-6-14(8-12)18-11-15-9-13-5-1-2-7-16(13)19-15/h1-10H,11H2. The van der Waals surface area contributed by atoms with E-state index in [2.05, 4.69) is 0 Å². The van der Waals surface area contributed by atoms with Crippen molar-refractivity contribution in [2.24, 2.45) is 0 Å². The summed E-state index contributed by atoms with van der Waals surface area (Å²) in [7, 11) is 0. The zero-order chi connectivity index (χ0) is 13.1. The zero-order valence-electron chi connectivity index (χ0n) is 10.2. The third-order valence-corrected chi connectivity index (χ3v) is 2.85. The van der Waals surface area contributed by atoms with Crippen molar-refractivity contribution in [2.45, 2.75) is 6.61 Å². The molecule has 0 saturated carbocycles. The fourth-order valence-electron chi connectivity index (χ4n) is 1.94. The van der Waals surface area contributed by atoms with Crippen molar-refractivity contribution >= 4 is 17.3 Å². The highest BCUT2D eigenvalue weighted by atomic mass is 16.5. The highest BCUT2D eigenvalue weighted by Gasteiger charge is 2.04. The second kappa shape index (κ2) is 4.98. The Morgan fingerprint density at radius 1 is 1.05 bits per heavy atom. The Morgan fingerprint density at radius 3 is 2.79 bits per heavy atom. The number of rotatable bonds is 4. The zero-order valence-corrected chi connectivity index (χ0v) is 10.2. The van der Waals surface area contributed by atoms with Gasteiger partial charge in [-0.2, -0.15) is 0 Å². The van der Waals surface area contributed by atoms with Gasteiger partial charge >= 0.3 is 0 Å². The second-order valence-corrected chi connectivity index (χ2v) is 4.23. The normalized spacial score (nSPS) is 10.5.